The summed E-state index contributed by atoms with van der Waals surface area (Å²) in [5, 5.41) is -0.805. The Hall–Kier alpha value is -0.180. The second-order valence-corrected chi connectivity index (χ2v) is 9.09. The van der Waals surface area contributed by atoms with Crippen molar-refractivity contribution in [3.8, 4) is 0 Å². The minimum atomic E-state index is -3.56. The van der Waals surface area contributed by atoms with E-state index in [0.29, 0.717) is 5.92 Å². The molecule has 2 fully saturated rings. The van der Waals surface area contributed by atoms with E-state index in [-0.39, 0.29) is 30.5 Å². The van der Waals surface area contributed by atoms with Crippen molar-refractivity contribution in [2.75, 3.05) is 18.1 Å². The van der Waals surface area contributed by atoms with E-state index < -0.39 is 25.1 Å². The molecule has 1 aliphatic carbocycles. The van der Waals surface area contributed by atoms with Crippen molar-refractivity contribution in [2.45, 2.75) is 30.6 Å². The average Bonchev–Trinajstić information content (AvgIpc) is 2.99. The smallest absolute Gasteiger partial charge is 0.215 e. The SMILES string of the molecule is NCC(NS(=O)(=O)C1CCS(=O)(=O)C1)C1CC1. The van der Waals surface area contributed by atoms with Crippen LogP contribution in [-0.2, 0) is 19.9 Å². The third-order valence-electron chi connectivity index (χ3n) is 3.39. The molecule has 17 heavy (non-hydrogen) atoms. The maximum atomic E-state index is 12.0. The molecule has 6 nitrogen and oxygen atoms in total. The van der Waals surface area contributed by atoms with Crippen molar-refractivity contribution in [1.82, 2.24) is 4.72 Å². The van der Waals surface area contributed by atoms with E-state index in [1.54, 1.807) is 0 Å². The van der Waals surface area contributed by atoms with E-state index in [9.17, 15) is 16.8 Å². The number of sulfonamides is 1. The summed E-state index contributed by atoms with van der Waals surface area (Å²) in [5.41, 5.74) is 5.53. The lowest BCUT2D eigenvalue weighted by Crippen LogP contribution is -2.46. The molecule has 2 unspecified atom stereocenters. The van der Waals surface area contributed by atoms with Crippen LogP contribution in [0.15, 0.2) is 0 Å². The predicted octanol–water partition coefficient (Wildman–Crippen LogP) is -1.17. The van der Waals surface area contributed by atoms with Crippen LogP contribution < -0.4 is 10.5 Å². The number of hydrogen-bond acceptors (Lipinski definition) is 5. The molecule has 8 heteroatoms. The monoisotopic (exact) mass is 282 g/mol. The summed E-state index contributed by atoms with van der Waals surface area (Å²) in [6, 6.07) is -0.233. The number of hydrogen-bond donors (Lipinski definition) is 2. The molecular formula is C9H18N2O4S2. The maximum Gasteiger partial charge on any atom is 0.215 e. The van der Waals surface area contributed by atoms with Gasteiger partial charge in [-0.05, 0) is 25.2 Å². The summed E-state index contributed by atoms with van der Waals surface area (Å²) >= 11 is 0. The van der Waals surface area contributed by atoms with E-state index in [4.69, 9.17) is 5.73 Å². The highest BCUT2D eigenvalue weighted by atomic mass is 32.2. The zero-order valence-corrected chi connectivity index (χ0v) is 11.1. The minimum Gasteiger partial charge on any atom is -0.329 e. The van der Waals surface area contributed by atoms with Crippen molar-refractivity contribution < 1.29 is 16.8 Å². The van der Waals surface area contributed by atoms with Crippen LogP contribution in [0.2, 0.25) is 0 Å². The molecule has 2 atom stereocenters. The fourth-order valence-corrected chi connectivity index (χ4v) is 6.51. The lowest BCUT2D eigenvalue weighted by atomic mass is 10.2. The molecule has 0 aromatic rings. The first kappa shape index (κ1) is 13.3. The van der Waals surface area contributed by atoms with Crippen molar-refractivity contribution in [3.63, 3.8) is 0 Å². The van der Waals surface area contributed by atoms with Gasteiger partial charge in [-0.25, -0.2) is 21.6 Å². The first-order chi connectivity index (χ1) is 7.84. The van der Waals surface area contributed by atoms with Crippen LogP contribution in [0.25, 0.3) is 0 Å². The van der Waals surface area contributed by atoms with Gasteiger partial charge in [-0.2, -0.15) is 0 Å². The highest BCUT2D eigenvalue weighted by Gasteiger charge is 2.40. The third-order valence-corrected chi connectivity index (χ3v) is 7.28. The Morgan fingerprint density at radius 2 is 1.94 bits per heavy atom. The van der Waals surface area contributed by atoms with Gasteiger partial charge < -0.3 is 5.73 Å². The molecule has 0 bridgehead atoms. The molecule has 0 radical (unpaired) electrons. The largest absolute Gasteiger partial charge is 0.329 e. The molecule has 100 valence electrons. The molecular weight excluding hydrogens is 264 g/mol. The Balaban J connectivity index is 2.03. The minimum absolute atomic E-state index is 0.0324. The zero-order chi connectivity index (χ0) is 12.7. The summed E-state index contributed by atoms with van der Waals surface area (Å²) in [4.78, 5) is 0. The Labute approximate surface area is 102 Å². The van der Waals surface area contributed by atoms with E-state index in [2.05, 4.69) is 4.72 Å². The Bertz CT molecular complexity index is 481. The first-order valence-corrected chi connectivity index (χ1v) is 9.12. The Morgan fingerprint density at radius 3 is 2.35 bits per heavy atom. The summed E-state index contributed by atoms with van der Waals surface area (Å²) < 4.78 is 49.1. The van der Waals surface area contributed by atoms with Gasteiger partial charge in [0, 0.05) is 12.6 Å². The lowest BCUT2D eigenvalue weighted by Gasteiger charge is -2.18. The average molecular weight is 282 g/mol. The molecule has 0 aromatic heterocycles. The van der Waals surface area contributed by atoms with Gasteiger partial charge >= 0.3 is 0 Å². The van der Waals surface area contributed by atoms with Crippen LogP contribution in [0, 0.1) is 5.92 Å². The van der Waals surface area contributed by atoms with Crippen molar-refractivity contribution in [1.29, 1.82) is 0 Å². The van der Waals surface area contributed by atoms with Gasteiger partial charge in [0.1, 0.15) is 0 Å². The fraction of sp³-hybridized carbons (Fsp3) is 1.00. The molecule has 1 heterocycles. The van der Waals surface area contributed by atoms with Gasteiger partial charge in [-0.3, -0.25) is 0 Å². The Kier molecular flexibility index (Phi) is 3.50. The van der Waals surface area contributed by atoms with E-state index >= 15 is 0 Å². The third kappa shape index (κ3) is 3.18. The molecule has 1 saturated heterocycles. The topological polar surface area (TPSA) is 106 Å². The van der Waals surface area contributed by atoms with Crippen LogP contribution in [0.5, 0.6) is 0 Å². The molecule has 0 aromatic carbocycles. The second-order valence-electron chi connectivity index (χ2n) is 4.87. The van der Waals surface area contributed by atoms with Crippen LogP contribution in [0.4, 0.5) is 0 Å². The first-order valence-electron chi connectivity index (χ1n) is 5.76. The highest BCUT2D eigenvalue weighted by Crippen LogP contribution is 2.33. The van der Waals surface area contributed by atoms with Crippen LogP contribution in [0.1, 0.15) is 19.3 Å². The quantitative estimate of drug-likeness (QED) is 0.661. The zero-order valence-electron chi connectivity index (χ0n) is 9.50. The molecule has 0 amide bonds. The van der Waals surface area contributed by atoms with E-state index in [1.807, 2.05) is 0 Å². The summed E-state index contributed by atoms with van der Waals surface area (Å²) in [6.45, 7) is 0.267. The lowest BCUT2D eigenvalue weighted by molar-refractivity contribution is 0.511. The van der Waals surface area contributed by atoms with Crippen molar-refractivity contribution in [2.24, 2.45) is 11.7 Å². The molecule has 2 rings (SSSR count). The molecule has 1 aliphatic heterocycles. The fourth-order valence-electron chi connectivity index (χ4n) is 2.15. The number of nitrogens with one attached hydrogen (secondary N) is 1. The number of rotatable bonds is 5. The highest BCUT2D eigenvalue weighted by molar-refractivity contribution is 7.95. The summed E-state index contributed by atoms with van der Waals surface area (Å²) in [6.07, 6.45) is 2.18. The Morgan fingerprint density at radius 1 is 1.29 bits per heavy atom. The van der Waals surface area contributed by atoms with Crippen LogP contribution in [0.3, 0.4) is 0 Å². The van der Waals surface area contributed by atoms with Gasteiger partial charge in [0.25, 0.3) is 0 Å². The molecule has 3 N–H and O–H groups in total. The van der Waals surface area contributed by atoms with Gasteiger partial charge in [-0.1, -0.05) is 0 Å². The van der Waals surface area contributed by atoms with E-state index in [0.717, 1.165) is 12.8 Å². The maximum absolute atomic E-state index is 12.0. The summed E-state index contributed by atoms with van der Waals surface area (Å²) in [5.74, 6) is 0.0346. The van der Waals surface area contributed by atoms with Gasteiger partial charge in [-0.15, -0.1) is 0 Å². The summed E-state index contributed by atoms with van der Waals surface area (Å²) in [7, 11) is -6.73. The van der Waals surface area contributed by atoms with Gasteiger partial charge in [0.15, 0.2) is 9.84 Å². The van der Waals surface area contributed by atoms with Crippen molar-refractivity contribution in [3.05, 3.63) is 0 Å². The normalized spacial score (nSPS) is 30.3. The number of nitrogens with two attached hydrogens (primary N) is 1. The van der Waals surface area contributed by atoms with Gasteiger partial charge in [0.05, 0.1) is 16.8 Å². The standard InChI is InChI=1S/C9H18N2O4S2/c10-5-9(7-1-2-7)11-17(14,15)8-3-4-16(12,13)6-8/h7-9,11H,1-6,10H2. The predicted molar refractivity (Wildman–Crippen MR) is 64.7 cm³/mol. The molecule has 2 aliphatic rings. The van der Waals surface area contributed by atoms with E-state index in [1.165, 1.54) is 0 Å². The van der Waals surface area contributed by atoms with Crippen LogP contribution >= 0.6 is 0 Å². The van der Waals surface area contributed by atoms with Crippen LogP contribution in [-0.4, -0.2) is 46.2 Å². The number of sulfone groups is 1. The van der Waals surface area contributed by atoms with Crippen molar-refractivity contribution >= 4 is 19.9 Å². The van der Waals surface area contributed by atoms with Gasteiger partial charge in [0.2, 0.25) is 10.0 Å². The molecule has 1 saturated carbocycles. The second kappa shape index (κ2) is 4.49. The molecule has 0 spiro atoms.